The number of rotatable bonds is 7. The summed E-state index contributed by atoms with van der Waals surface area (Å²) in [4.78, 5) is 7.13. The summed E-state index contributed by atoms with van der Waals surface area (Å²) < 4.78 is 29.1. The van der Waals surface area contributed by atoms with Gasteiger partial charge < -0.3 is 10.2 Å². The summed E-state index contributed by atoms with van der Waals surface area (Å²) in [5, 5.41) is 4.32. The number of aryl methyl sites for hydroxylation is 1. The lowest BCUT2D eigenvalue weighted by molar-refractivity contribution is 0.590. The highest BCUT2D eigenvalue weighted by molar-refractivity contribution is 7.92. The van der Waals surface area contributed by atoms with Gasteiger partial charge in [0.1, 0.15) is 0 Å². The van der Waals surface area contributed by atoms with E-state index in [1.54, 1.807) is 18.2 Å². The van der Waals surface area contributed by atoms with Crippen molar-refractivity contribution in [2.45, 2.75) is 31.1 Å². The fourth-order valence-corrected chi connectivity index (χ4v) is 5.25. The van der Waals surface area contributed by atoms with Gasteiger partial charge in [0, 0.05) is 49.1 Å². The zero-order chi connectivity index (χ0) is 21.0. The van der Waals surface area contributed by atoms with E-state index in [0.717, 1.165) is 67.6 Å². The molecule has 0 atom stereocenters. The lowest BCUT2D eigenvalue weighted by Gasteiger charge is -2.30. The molecule has 1 aliphatic rings. The van der Waals surface area contributed by atoms with E-state index in [2.05, 4.69) is 26.8 Å². The van der Waals surface area contributed by atoms with Gasteiger partial charge in [0.05, 0.1) is 10.4 Å². The number of pyridine rings is 1. The van der Waals surface area contributed by atoms with Crippen LogP contribution in [-0.2, 0) is 16.4 Å². The topological polar surface area (TPSA) is 74.3 Å². The van der Waals surface area contributed by atoms with E-state index in [1.807, 2.05) is 36.5 Å². The van der Waals surface area contributed by atoms with Crippen LogP contribution in [0, 0.1) is 0 Å². The molecule has 6 nitrogen and oxygen atoms in total. The second-order valence-electron chi connectivity index (χ2n) is 7.62. The van der Waals surface area contributed by atoms with Gasteiger partial charge in [-0.25, -0.2) is 8.42 Å². The smallest absolute Gasteiger partial charge is 0.262 e. The van der Waals surface area contributed by atoms with Crippen molar-refractivity contribution < 1.29 is 8.42 Å². The van der Waals surface area contributed by atoms with Gasteiger partial charge in [-0.15, -0.1) is 0 Å². The molecule has 0 radical (unpaired) electrons. The molecule has 0 bridgehead atoms. The summed E-state index contributed by atoms with van der Waals surface area (Å²) in [6, 6.07) is 14.8. The summed E-state index contributed by atoms with van der Waals surface area (Å²) in [5.74, 6) is 0. The monoisotopic (exact) mass is 424 g/mol. The Labute approximate surface area is 178 Å². The Balaban J connectivity index is 1.67. The first-order valence-electron chi connectivity index (χ1n) is 10.5. The predicted molar refractivity (Wildman–Crippen MR) is 123 cm³/mol. The molecule has 0 saturated carbocycles. The highest BCUT2D eigenvalue weighted by Gasteiger charge is 2.19. The van der Waals surface area contributed by atoms with Gasteiger partial charge in [0.15, 0.2) is 0 Å². The second kappa shape index (κ2) is 9.02. The Bertz CT molecular complexity index is 1130. The molecule has 2 N–H and O–H groups in total. The van der Waals surface area contributed by atoms with Gasteiger partial charge in [0.25, 0.3) is 10.0 Å². The average molecular weight is 425 g/mol. The molecule has 1 aliphatic heterocycles. The average Bonchev–Trinajstić information content (AvgIpc) is 2.78. The maximum atomic E-state index is 13.2. The summed E-state index contributed by atoms with van der Waals surface area (Å²) >= 11 is 0. The van der Waals surface area contributed by atoms with Crippen molar-refractivity contribution in [1.82, 2.24) is 10.3 Å². The van der Waals surface area contributed by atoms with Crippen LogP contribution in [0.15, 0.2) is 59.6 Å². The largest absolute Gasteiger partial charge is 0.368 e. The van der Waals surface area contributed by atoms with Crippen LogP contribution >= 0.6 is 0 Å². The number of unbranched alkanes of at least 4 members (excludes halogenated alkanes) is 1. The second-order valence-corrected chi connectivity index (χ2v) is 9.27. The molecule has 0 spiro atoms. The maximum Gasteiger partial charge on any atom is 0.262 e. The summed E-state index contributed by atoms with van der Waals surface area (Å²) in [6.45, 7) is 5.81. The fourth-order valence-electron chi connectivity index (χ4n) is 3.93. The van der Waals surface area contributed by atoms with Crippen molar-refractivity contribution >= 4 is 32.3 Å². The minimum atomic E-state index is -3.67. The first-order valence-corrected chi connectivity index (χ1v) is 12.0. The van der Waals surface area contributed by atoms with Crippen LogP contribution in [0.4, 0.5) is 11.4 Å². The number of hydrogen-bond donors (Lipinski definition) is 2. The molecular weight excluding hydrogens is 396 g/mol. The van der Waals surface area contributed by atoms with Gasteiger partial charge in [0.2, 0.25) is 0 Å². The molecule has 0 amide bonds. The molecule has 158 valence electrons. The Kier molecular flexibility index (Phi) is 6.20. The van der Waals surface area contributed by atoms with Crippen molar-refractivity contribution in [2.24, 2.45) is 0 Å². The molecule has 1 fully saturated rings. The number of aromatic nitrogens is 1. The molecule has 1 aromatic heterocycles. The molecule has 0 unspecified atom stereocenters. The van der Waals surface area contributed by atoms with Crippen LogP contribution in [0.5, 0.6) is 0 Å². The highest BCUT2D eigenvalue weighted by Crippen LogP contribution is 2.29. The first-order chi connectivity index (χ1) is 14.6. The predicted octanol–water partition coefficient (Wildman–Crippen LogP) is 3.79. The van der Waals surface area contributed by atoms with Crippen LogP contribution in [0.1, 0.15) is 25.3 Å². The third kappa shape index (κ3) is 4.42. The molecule has 4 rings (SSSR count). The number of nitrogens with zero attached hydrogens (tertiary/aromatic N) is 2. The van der Waals surface area contributed by atoms with Gasteiger partial charge in [-0.1, -0.05) is 31.5 Å². The minimum Gasteiger partial charge on any atom is -0.368 e. The van der Waals surface area contributed by atoms with E-state index in [-0.39, 0.29) is 0 Å². The number of piperazine rings is 1. The summed E-state index contributed by atoms with van der Waals surface area (Å²) in [7, 11) is -3.67. The summed E-state index contributed by atoms with van der Waals surface area (Å²) in [5.41, 5.74) is 3.36. The van der Waals surface area contributed by atoms with Gasteiger partial charge in [-0.05, 0) is 48.7 Å². The van der Waals surface area contributed by atoms with E-state index in [4.69, 9.17) is 0 Å². The SMILES string of the molecule is CCCCc1ccccc1S(=O)(=O)Nc1ccc2nccc(N3CCNCC3)c2c1. The number of hydrogen-bond acceptors (Lipinski definition) is 5. The molecule has 0 aliphatic carbocycles. The van der Waals surface area contributed by atoms with Gasteiger partial charge >= 0.3 is 0 Å². The molecular formula is C23H28N4O2S. The molecule has 3 aromatic rings. The Hall–Kier alpha value is -2.64. The molecule has 30 heavy (non-hydrogen) atoms. The minimum absolute atomic E-state index is 0.354. The van der Waals surface area contributed by atoms with Crippen molar-refractivity contribution in [2.75, 3.05) is 35.8 Å². The third-order valence-electron chi connectivity index (χ3n) is 5.49. The quantitative estimate of drug-likeness (QED) is 0.604. The zero-order valence-corrected chi connectivity index (χ0v) is 18.1. The van der Waals surface area contributed by atoms with Crippen LogP contribution in [0.3, 0.4) is 0 Å². The van der Waals surface area contributed by atoms with E-state index < -0.39 is 10.0 Å². The number of anilines is 2. The first kappa shape index (κ1) is 20.6. The van der Waals surface area contributed by atoms with Gasteiger partial charge in [-0.2, -0.15) is 0 Å². The van der Waals surface area contributed by atoms with Crippen molar-refractivity contribution in [3.05, 3.63) is 60.3 Å². The fraction of sp³-hybridized carbons (Fsp3) is 0.348. The molecule has 7 heteroatoms. The maximum absolute atomic E-state index is 13.2. The van der Waals surface area contributed by atoms with Gasteiger partial charge in [-0.3, -0.25) is 9.71 Å². The number of nitrogens with one attached hydrogen (secondary N) is 2. The number of benzene rings is 2. The van der Waals surface area contributed by atoms with Crippen LogP contribution in [0.2, 0.25) is 0 Å². The molecule has 2 aromatic carbocycles. The van der Waals surface area contributed by atoms with Crippen molar-refractivity contribution in [1.29, 1.82) is 0 Å². The van der Waals surface area contributed by atoms with E-state index in [1.165, 1.54) is 0 Å². The number of sulfonamides is 1. The van der Waals surface area contributed by atoms with Crippen molar-refractivity contribution in [3.8, 4) is 0 Å². The van der Waals surface area contributed by atoms with Crippen LogP contribution in [-0.4, -0.2) is 39.6 Å². The van der Waals surface area contributed by atoms with E-state index in [0.29, 0.717) is 10.6 Å². The van der Waals surface area contributed by atoms with E-state index >= 15 is 0 Å². The van der Waals surface area contributed by atoms with E-state index in [9.17, 15) is 8.42 Å². The summed E-state index contributed by atoms with van der Waals surface area (Å²) in [6.07, 6.45) is 4.55. The van der Waals surface area contributed by atoms with Crippen molar-refractivity contribution in [3.63, 3.8) is 0 Å². The Morgan fingerprint density at radius 1 is 1.10 bits per heavy atom. The lowest BCUT2D eigenvalue weighted by Crippen LogP contribution is -2.43. The third-order valence-corrected chi connectivity index (χ3v) is 6.97. The standard InChI is InChI=1S/C23H28N4O2S/c1-2-3-6-18-7-4-5-8-23(18)30(28,29)26-19-9-10-21-20(17-19)22(11-12-25-21)27-15-13-24-14-16-27/h4-5,7-12,17,24,26H,2-3,6,13-16H2,1H3. The molecule has 2 heterocycles. The van der Waals surface area contributed by atoms with Crippen LogP contribution in [0.25, 0.3) is 10.9 Å². The zero-order valence-electron chi connectivity index (χ0n) is 17.3. The normalized spacial score (nSPS) is 14.8. The lowest BCUT2D eigenvalue weighted by atomic mass is 10.1. The Morgan fingerprint density at radius 3 is 2.70 bits per heavy atom. The molecule has 1 saturated heterocycles. The Morgan fingerprint density at radius 2 is 1.90 bits per heavy atom. The highest BCUT2D eigenvalue weighted by atomic mass is 32.2. The number of fused-ring (bicyclic) bond motifs is 1. The van der Waals surface area contributed by atoms with Crippen LogP contribution < -0.4 is 14.9 Å².